The van der Waals surface area contributed by atoms with E-state index in [-0.39, 0.29) is 0 Å². The van der Waals surface area contributed by atoms with Gasteiger partial charge in [0.25, 0.3) is 0 Å². The summed E-state index contributed by atoms with van der Waals surface area (Å²) in [5.41, 5.74) is 0. The molecule has 0 aromatic carbocycles. The average Bonchev–Trinajstić information content (AvgIpc) is 1.69. The Hall–Kier alpha value is -0.120. The fourth-order valence-electron chi connectivity index (χ4n) is 0.397. The maximum absolute atomic E-state index is 8.64. The van der Waals surface area contributed by atoms with E-state index in [0.717, 1.165) is 0 Å². The molecule has 1 aliphatic rings. The van der Waals surface area contributed by atoms with Gasteiger partial charge in [0, 0.05) is 0 Å². The Kier molecular flexibility index (Phi) is 1.62. The number of hydrogen-bond donors (Lipinski definition) is 1. The maximum atomic E-state index is 8.64. The summed E-state index contributed by atoms with van der Waals surface area (Å²) in [6.45, 7) is 1.96. The van der Waals surface area contributed by atoms with Crippen molar-refractivity contribution in [2.24, 2.45) is 0 Å². The van der Waals surface area contributed by atoms with Gasteiger partial charge in [-0.1, -0.05) is 0 Å². The molecule has 1 rings (SSSR count). The van der Waals surface area contributed by atoms with E-state index < -0.39 is 6.10 Å². The predicted molar refractivity (Wildman–Crippen MR) is 22.2 cm³/mol. The van der Waals surface area contributed by atoms with Crippen LogP contribution in [0.4, 0.5) is 0 Å². The van der Waals surface area contributed by atoms with Gasteiger partial charge in [-0.25, -0.2) is 0 Å². The van der Waals surface area contributed by atoms with Gasteiger partial charge in [-0.3, -0.25) is 0 Å². The molecule has 1 fully saturated rings. The van der Waals surface area contributed by atoms with Crippen LogP contribution in [0.3, 0.4) is 0 Å². The number of aliphatic hydroxyl groups excluding tert-OH is 1. The second-order valence-electron chi connectivity index (χ2n) is 1.42. The van der Waals surface area contributed by atoms with E-state index in [1.54, 1.807) is 0 Å². The fraction of sp³-hybridized carbons (Fsp3) is 0.750. The average molecular weight is 103 g/mol. The molecule has 0 bridgehead atoms. The largest absolute Gasteiger partial charge is 0.388 e. The minimum absolute atomic E-state index is 0.361. The monoisotopic (exact) mass is 103 g/mol. The highest BCUT2D eigenvalue weighted by Gasteiger charge is 2.09. The molecule has 7 heavy (non-hydrogen) atoms. The first-order valence-electron chi connectivity index (χ1n) is 2.12. The van der Waals surface area contributed by atoms with E-state index in [2.05, 4.69) is 9.47 Å². The Balaban J connectivity index is 2.12. The summed E-state index contributed by atoms with van der Waals surface area (Å²) < 4.78 is 9.17. The van der Waals surface area contributed by atoms with Crippen molar-refractivity contribution in [3.8, 4) is 0 Å². The van der Waals surface area contributed by atoms with E-state index in [4.69, 9.17) is 5.11 Å². The molecule has 3 heteroatoms. The molecule has 0 atom stereocenters. The zero-order chi connectivity index (χ0) is 5.11. The number of ether oxygens (including phenoxy) is 2. The zero-order valence-corrected chi connectivity index (χ0v) is 3.83. The van der Waals surface area contributed by atoms with E-state index >= 15 is 0 Å². The van der Waals surface area contributed by atoms with Gasteiger partial charge in [0.15, 0.2) is 0 Å². The Morgan fingerprint density at radius 1 is 1.43 bits per heavy atom. The van der Waals surface area contributed by atoms with Crippen molar-refractivity contribution in [3.05, 3.63) is 6.79 Å². The molecule has 0 amide bonds. The lowest BCUT2D eigenvalue weighted by molar-refractivity contribution is -0.0984. The zero-order valence-electron chi connectivity index (χ0n) is 3.83. The summed E-state index contributed by atoms with van der Waals surface area (Å²) >= 11 is 0. The van der Waals surface area contributed by atoms with Crippen molar-refractivity contribution in [1.29, 1.82) is 0 Å². The van der Waals surface area contributed by atoms with Gasteiger partial charge in [-0.2, -0.15) is 0 Å². The fourth-order valence-corrected chi connectivity index (χ4v) is 0.397. The van der Waals surface area contributed by atoms with Crippen LogP contribution in [0.15, 0.2) is 0 Å². The third-order valence-electron chi connectivity index (χ3n) is 0.713. The SMILES string of the molecule is OC1CO[CH]OC1. The molecule has 1 saturated heterocycles. The molecule has 1 heterocycles. The van der Waals surface area contributed by atoms with Crippen LogP contribution in [0.5, 0.6) is 0 Å². The molecular weight excluding hydrogens is 96.0 g/mol. The molecule has 1 aliphatic heterocycles. The lowest BCUT2D eigenvalue weighted by atomic mass is 10.4. The summed E-state index contributed by atoms with van der Waals surface area (Å²) in [6.07, 6.45) is -0.440. The van der Waals surface area contributed by atoms with Crippen LogP contribution >= 0.6 is 0 Å². The van der Waals surface area contributed by atoms with Crippen LogP contribution in [0.25, 0.3) is 0 Å². The molecule has 0 unspecified atom stereocenters. The molecule has 0 aliphatic carbocycles. The second-order valence-corrected chi connectivity index (χ2v) is 1.42. The Morgan fingerprint density at radius 3 is 2.29 bits per heavy atom. The van der Waals surface area contributed by atoms with Crippen LogP contribution in [-0.2, 0) is 9.47 Å². The van der Waals surface area contributed by atoms with E-state index in [9.17, 15) is 0 Å². The molecule has 1 N–H and O–H groups in total. The highest BCUT2D eigenvalue weighted by atomic mass is 16.7. The topological polar surface area (TPSA) is 38.7 Å². The molecule has 0 aromatic heterocycles. The van der Waals surface area contributed by atoms with Crippen molar-refractivity contribution in [3.63, 3.8) is 0 Å². The standard InChI is InChI=1S/C4H7O3/c5-4-1-6-3-7-2-4/h3-5H,1-2H2. The van der Waals surface area contributed by atoms with Crippen molar-refractivity contribution in [2.75, 3.05) is 13.2 Å². The third kappa shape index (κ3) is 1.43. The van der Waals surface area contributed by atoms with Gasteiger partial charge < -0.3 is 14.6 Å². The van der Waals surface area contributed by atoms with Crippen molar-refractivity contribution in [2.45, 2.75) is 6.10 Å². The van der Waals surface area contributed by atoms with Crippen molar-refractivity contribution in [1.82, 2.24) is 0 Å². The van der Waals surface area contributed by atoms with Crippen molar-refractivity contribution < 1.29 is 14.6 Å². The van der Waals surface area contributed by atoms with Crippen LogP contribution in [0, 0.1) is 6.79 Å². The van der Waals surface area contributed by atoms with Gasteiger partial charge in [-0.05, 0) is 0 Å². The Labute approximate surface area is 41.8 Å². The highest BCUT2D eigenvalue weighted by Crippen LogP contribution is 1.97. The first-order chi connectivity index (χ1) is 3.39. The molecule has 41 valence electrons. The molecular formula is C4H7O3. The molecule has 0 spiro atoms. The van der Waals surface area contributed by atoms with Gasteiger partial charge in [0.1, 0.15) is 6.10 Å². The van der Waals surface area contributed by atoms with Gasteiger partial charge >= 0.3 is 0 Å². The first-order valence-corrected chi connectivity index (χ1v) is 2.12. The van der Waals surface area contributed by atoms with E-state index in [1.807, 2.05) is 0 Å². The minimum atomic E-state index is -0.440. The molecule has 1 radical (unpaired) electrons. The second kappa shape index (κ2) is 2.26. The maximum Gasteiger partial charge on any atom is 0.209 e. The van der Waals surface area contributed by atoms with E-state index in [0.29, 0.717) is 13.2 Å². The molecule has 3 nitrogen and oxygen atoms in total. The number of rotatable bonds is 0. The first kappa shape index (κ1) is 5.03. The molecule has 0 aromatic rings. The van der Waals surface area contributed by atoms with Gasteiger partial charge in [-0.15, -0.1) is 0 Å². The lowest BCUT2D eigenvalue weighted by Crippen LogP contribution is -2.25. The third-order valence-corrected chi connectivity index (χ3v) is 0.713. The summed E-state index contributed by atoms with van der Waals surface area (Å²) in [6, 6.07) is 0. The van der Waals surface area contributed by atoms with Gasteiger partial charge in [0.2, 0.25) is 6.79 Å². The van der Waals surface area contributed by atoms with Crippen LogP contribution in [-0.4, -0.2) is 24.4 Å². The summed E-state index contributed by atoms with van der Waals surface area (Å²) in [4.78, 5) is 0. The van der Waals surface area contributed by atoms with Crippen LogP contribution in [0.2, 0.25) is 0 Å². The van der Waals surface area contributed by atoms with Crippen molar-refractivity contribution >= 4 is 0 Å². The Morgan fingerprint density at radius 2 is 2.00 bits per heavy atom. The quantitative estimate of drug-likeness (QED) is 0.449. The number of aliphatic hydroxyl groups is 1. The summed E-state index contributed by atoms with van der Waals surface area (Å²) in [5.74, 6) is 0. The van der Waals surface area contributed by atoms with E-state index in [1.165, 1.54) is 6.79 Å². The summed E-state index contributed by atoms with van der Waals surface area (Å²) in [7, 11) is 0. The minimum Gasteiger partial charge on any atom is -0.388 e. The Bertz CT molecular complexity index is 48.9. The lowest BCUT2D eigenvalue weighted by Gasteiger charge is -2.15. The van der Waals surface area contributed by atoms with Crippen LogP contribution in [0.1, 0.15) is 0 Å². The number of hydrogen-bond acceptors (Lipinski definition) is 3. The predicted octanol–water partition coefficient (Wildman–Crippen LogP) is -0.487. The smallest absolute Gasteiger partial charge is 0.209 e. The normalized spacial score (nSPS) is 25.3. The van der Waals surface area contributed by atoms with Gasteiger partial charge in [0.05, 0.1) is 13.2 Å². The van der Waals surface area contributed by atoms with Crippen LogP contribution < -0.4 is 0 Å². The summed E-state index contributed by atoms with van der Waals surface area (Å²) in [5, 5.41) is 8.64. The molecule has 0 saturated carbocycles. The highest BCUT2D eigenvalue weighted by molar-refractivity contribution is 4.56.